The van der Waals surface area contributed by atoms with Gasteiger partial charge < -0.3 is 14.4 Å². The number of aromatic nitrogens is 3. The Hall–Kier alpha value is -3.44. The van der Waals surface area contributed by atoms with Gasteiger partial charge in [0.2, 0.25) is 5.71 Å². The number of hydrogen-bond donors (Lipinski definition) is 0. The first-order chi connectivity index (χ1) is 23.5. The molecule has 2 aromatic carbocycles. The first-order valence-electron chi connectivity index (χ1n) is 18.1. The molecule has 1 aliphatic rings. The summed E-state index contributed by atoms with van der Waals surface area (Å²) in [6.07, 6.45) is 12.0. The molecule has 1 saturated carbocycles. The molecule has 4 nitrogen and oxygen atoms in total. The van der Waals surface area contributed by atoms with Gasteiger partial charge in [0.1, 0.15) is 0 Å². The maximum Gasteiger partial charge on any atom is 0.216 e. The van der Waals surface area contributed by atoms with Crippen LogP contribution in [0.3, 0.4) is 0 Å². The molecule has 0 bridgehead atoms. The van der Waals surface area contributed by atoms with Crippen LogP contribution in [0.2, 0.25) is 19.6 Å². The van der Waals surface area contributed by atoms with E-state index in [1.807, 2.05) is 37.3 Å². The van der Waals surface area contributed by atoms with E-state index < -0.39 is 8.07 Å². The van der Waals surface area contributed by atoms with E-state index in [9.17, 15) is 0 Å². The van der Waals surface area contributed by atoms with Gasteiger partial charge in [-0.25, -0.2) is 4.98 Å². The Morgan fingerprint density at radius 2 is 1.56 bits per heavy atom. The number of pyridine rings is 3. The summed E-state index contributed by atoms with van der Waals surface area (Å²) in [4.78, 5) is 14.0. The van der Waals surface area contributed by atoms with E-state index in [2.05, 4.69) is 112 Å². The fourth-order valence-corrected chi connectivity index (χ4v) is 8.79. The van der Waals surface area contributed by atoms with Gasteiger partial charge in [0.15, 0.2) is 0 Å². The summed E-state index contributed by atoms with van der Waals surface area (Å²) in [5, 5.41) is 3.62. The van der Waals surface area contributed by atoms with E-state index in [-0.39, 0.29) is 20.1 Å². The molecule has 50 heavy (non-hydrogen) atoms. The number of furan rings is 1. The molecule has 263 valence electrons. The van der Waals surface area contributed by atoms with Crippen molar-refractivity contribution in [1.29, 1.82) is 0 Å². The molecular weight excluding hydrogens is 807 g/mol. The molecule has 4 aromatic heterocycles. The van der Waals surface area contributed by atoms with E-state index in [1.54, 1.807) is 0 Å². The standard InChI is InChI=1S/C26H27N2O.C18H24NSi.Ir/c1-16(2)23-15-27-24(14-20(23)12-18-6-4-5-7-18)19-9-11-25-22(13-19)21-10-8-17(3)28-26(21)29-25;1-14(2)11-16-12-17(15-9-7-6-8-10-15)19-13-18(16)20(3,4)5;/h8,10-11,13-16,18H,4-7,12H2,1-3H3;6-9,12-14H,11H2,1-5H3;/q2*-1;. The van der Waals surface area contributed by atoms with E-state index in [0.717, 1.165) is 56.9 Å². The van der Waals surface area contributed by atoms with E-state index >= 15 is 0 Å². The Morgan fingerprint density at radius 1 is 0.840 bits per heavy atom. The van der Waals surface area contributed by atoms with Gasteiger partial charge in [0.05, 0.1) is 13.7 Å². The first-order valence-corrected chi connectivity index (χ1v) is 21.6. The molecule has 0 N–H and O–H groups in total. The molecule has 1 aliphatic carbocycles. The minimum Gasteiger partial charge on any atom is -0.486 e. The quantitative estimate of drug-likeness (QED) is 0.113. The molecule has 6 aromatic rings. The summed E-state index contributed by atoms with van der Waals surface area (Å²) in [6, 6.07) is 27.5. The average molecular weight is 858 g/mol. The Balaban J connectivity index is 0.000000204. The van der Waals surface area contributed by atoms with Crippen LogP contribution in [0.1, 0.15) is 81.7 Å². The predicted molar refractivity (Wildman–Crippen MR) is 208 cm³/mol. The molecule has 1 fully saturated rings. The van der Waals surface area contributed by atoms with Crippen LogP contribution < -0.4 is 5.19 Å². The van der Waals surface area contributed by atoms with E-state index in [0.29, 0.717) is 17.5 Å². The zero-order chi connectivity index (χ0) is 34.7. The predicted octanol–water partition coefficient (Wildman–Crippen LogP) is 11.3. The van der Waals surface area contributed by atoms with Crippen molar-refractivity contribution in [1.82, 2.24) is 15.0 Å². The van der Waals surface area contributed by atoms with Crippen LogP contribution in [0.5, 0.6) is 0 Å². The van der Waals surface area contributed by atoms with Crippen LogP contribution in [0, 0.1) is 30.9 Å². The molecule has 0 atom stereocenters. The average Bonchev–Trinajstić information content (AvgIpc) is 3.71. The Bertz CT molecular complexity index is 2040. The van der Waals surface area contributed by atoms with Gasteiger partial charge >= 0.3 is 0 Å². The van der Waals surface area contributed by atoms with Crippen molar-refractivity contribution in [3.05, 3.63) is 108 Å². The number of nitrogens with zero attached hydrogens (tertiary/aromatic N) is 3. The fourth-order valence-electron chi connectivity index (χ4n) is 7.20. The molecular formula is C44H51IrN3OSi-2. The molecule has 7 rings (SSSR count). The SMILES string of the molecule is CC(C)Cc1cc(-c2[c-]cccc2)ncc1[Si](C)(C)C.Cc1ccc2c(n1)oc1c[c-]c(-c3cc(CC4CCCC4)c(C(C)C)cn3)cc12.[Ir]. The Labute approximate surface area is 313 Å². The second-order valence-corrected chi connectivity index (χ2v) is 20.7. The van der Waals surface area contributed by atoms with Crippen LogP contribution >= 0.6 is 0 Å². The van der Waals surface area contributed by atoms with Crippen LogP contribution in [0.4, 0.5) is 0 Å². The zero-order valence-corrected chi connectivity index (χ0v) is 34.4. The Kier molecular flexibility index (Phi) is 12.3. The molecule has 4 heterocycles. The third-order valence-electron chi connectivity index (χ3n) is 9.73. The van der Waals surface area contributed by atoms with Gasteiger partial charge in [-0.05, 0) is 77.4 Å². The summed E-state index contributed by atoms with van der Waals surface area (Å²) >= 11 is 0. The summed E-state index contributed by atoms with van der Waals surface area (Å²) in [7, 11) is -1.34. The topological polar surface area (TPSA) is 51.8 Å². The van der Waals surface area contributed by atoms with Crippen LogP contribution in [-0.4, -0.2) is 23.0 Å². The number of hydrogen-bond acceptors (Lipinski definition) is 4. The van der Waals surface area contributed by atoms with Crippen molar-refractivity contribution in [2.75, 3.05) is 0 Å². The second kappa shape index (κ2) is 16.3. The number of fused-ring (bicyclic) bond motifs is 3. The van der Waals surface area contributed by atoms with E-state index in [4.69, 9.17) is 9.40 Å². The van der Waals surface area contributed by atoms with Gasteiger partial charge in [-0.3, -0.25) is 0 Å². The summed E-state index contributed by atoms with van der Waals surface area (Å²) in [5.74, 6) is 1.98. The van der Waals surface area contributed by atoms with Gasteiger partial charge in [-0.15, -0.1) is 59.7 Å². The first kappa shape index (κ1) is 37.8. The summed E-state index contributed by atoms with van der Waals surface area (Å²) < 4.78 is 5.92. The maximum atomic E-state index is 5.92. The third-order valence-corrected chi connectivity index (χ3v) is 11.8. The minimum atomic E-state index is -1.34. The van der Waals surface area contributed by atoms with Crippen LogP contribution in [0.25, 0.3) is 44.6 Å². The van der Waals surface area contributed by atoms with Crippen LogP contribution in [-0.2, 0) is 32.9 Å². The summed E-state index contributed by atoms with van der Waals surface area (Å²) in [5.41, 5.74) is 10.9. The molecule has 0 unspecified atom stereocenters. The largest absolute Gasteiger partial charge is 0.486 e. The van der Waals surface area contributed by atoms with Crippen molar-refractivity contribution < 1.29 is 24.5 Å². The van der Waals surface area contributed by atoms with Crippen molar-refractivity contribution in [3.63, 3.8) is 0 Å². The molecule has 6 heteroatoms. The van der Waals surface area contributed by atoms with Crippen molar-refractivity contribution in [3.8, 4) is 22.5 Å². The molecule has 0 aliphatic heterocycles. The molecule has 0 saturated heterocycles. The number of aryl methyl sites for hydroxylation is 1. The molecule has 0 amide bonds. The maximum absolute atomic E-state index is 5.92. The van der Waals surface area contributed by atoms with Gasteiger partial charge in [-0.1, -0.05) is 96.1 Å². The van der Waals surface area contributed by atoms with E-state index in [1.165, 1.54) is 54.0 Å². The number of rotatable bonds is 8. The third kappa shape index (κ3) is 8.88. The Morgan fingerprint density at radius 3 is 2.24 bits per heavy atom. The fraction of sp³-hybridized carbons (Fsp3) is 0.386. The van der Waals surface area contributed by atoms with Gasteiger partial charge in [0, 0.05) is 43.6 Å². The molecule has 1 radical (unpaired) electrons. The normalized spacial score (nSPS) is 13.6. The second-order valence-electron chi connectivity index (χ2n) is 15.7. The smallest absolute Gasteiger partial charge is 0.216 e. The zero-order valence-electron chi connectivity index (χ0n) is 31.0. The minimum absolute atomic E-state index is 0. The van der Waals surface area contributed by atoms with Gasteiger partial charge in [-0.2, -0.15) is 0 Å². The summed E-state index contributed by atoms with van der Waals surface area (Å²) in [6.45, 7) is 18.2. The number of benzene rings is 2. The van der Waals surface area contributed by atoms with Crippen molar-refractivity contribution >= 4 is 35.3 Å². The van der Waals surface area contributed by atoms with Gasteiger partial charge in [0.25, 0.3) is 0 Å². The van der Waals surface area contributed by atoms with Crippen LogP contribution in [0.15, 0.2) is 77.5 Å². The van der Waals surface area contributed by atoms with Crippen molar-refractivity contribution in [2.24, 2.45) is 11.8 Å². The van der Waals surface area contributed by atoms with Crippen molar-refractivity contribution in [2.45, 2.75) is 98.7 Å². The monoisotopic (exact) mass is 858 g/mol. The molecule has 0 spiro atoms.